The smallest absolute Gasteiger partial charge is 0.110 e. The molecule has 2 heteroatoms. The SMILES string of the molecule is Cc1ccc2nc(C3CC4C=CC3C4)[nH]c2c1. The van der Waals surface area contributed by atoms with E-state index in [2.05, 4.69) is 42.3 Å². The summed E-state index contributed by atoms with van der Waals surface area (Å²) in [6.45, 7) is 2.13. The molecular formula is C15H16N2. The summed E-state index contributed by atoms with van der Waals surface area (Å²) in [7, 11) is 0. The molecule has 1 N–H and O–H groups in total. The summed E-state index contributed by atoms with van der Waals surface area (Å²) in [6, 6.07) is 6.44. The summed E-state index contributed by atoms with van der Waals surface area (Å²) in [4.78, 5) is 8.28. The zero-order valence-electron chi connectivity index (χ0n) is 9.98. The monoisotopic (exact) mass is 224 g/mol. The van der Waals surface area contributed by atoms with Crippen molar-refractivity contribution in [3.8, 4) is 0 Å². The molecule has 0 radical (unpaired) electrons. The van der Waals surface area contributed by atoms with Crippen molar-refractivity contribution in [2.75, 3.05) is 0 Å². The Bertz CT molecular complexity index is 608. The molecule has 2 aliphatic rings. The van der Waals surface area contributed by atoms with Gasteiger partial charge in [-0.1, -0.05) is 18.2 Å². The lowest BCUT2D eigenvalue weighted by molar-refractivity contribution is 0.559. The molecule has 1 fully saturated rings. The fourth-order valence-electron chi connectivity index (χ4n) is 3.41. The van der Waals surface area contributed by atoms with Gasteiger partial charge in [-0.2, -0.15) is 0 Å². The highest BCUT2D eigenvalue weighted by Gasteiger charge is 2.37. The zero-order valence-corrected chi connectivity index (χ0v) is 9.98. The van der Waals surface area contributed by atoms with E-state index in [1.165, 1.54) is 29.7 Å². The molecule has 0 aliphatic heterocycles. The van der Waals surface area contributed by atoms with Gasteiger partial charge in [0.15, 0.2) is 0 Å². The summed E-state index contributed by atoms with van der Waals surface area (Å²) in [5.74, 6) is 3.35. The highest BCUT2D eigenvalue weighted by molar-refractivity contribution is 5.75. The van der Waals surface area contributed by atoms with Gasteiger partial charge in [-0.15, -0.1) is 0 Å². The van der Waals surface area contributed by atoms with Crippen LogP contribution < -0.4 is 0 Å². The van der Waals surface area contributed by atoms with Crippen LogP contribution in [0.4, 0.5) is 0 Å². The molecule has 0 amide bonds. The van der Waals surface area contributed by atoms with Crippen molar-refractivity contribution in [1.29, 1.82) is 0 Å². The topological polar surface area (TPSA) is 28.7 Å². The Balaban J connectivity index is 1.79. The molecule has 1 heterocycles. The third-order valence-electron chi connectivity index (χ3n) is 4.29. The second kappa shape index (κ2) is 3.22. The lowest BCUT2D eigenvalue weighted by Gasteiger charge is -2.14. The number of hydrogen-bond acceptors (Lipinski definition) is 1. The fourth-order valence-corrected chi connectivity index (χ4v) is 3.41. The van der Waals surface area contributed by atoms with E-state index in [-0.39, 0.29) is 0 Å². The number of hydrogen-bond donors (Lipinski definition) is 1. The first-order valence-electron chi connectivity index (χ1n) is 6.44. The summed E-state index contributed by atoms with van der Waals surface area (Å²) < 4.78 is 0. The molecule has 2 aromatic rings. The van der Waals surface area contributed by atoms with Gasteiger partial charge >= 0.3 is 0 Å². The number of H-pyrrole nitrogens is 1. The van der Waals surface area contributed by atoms with Gasteiger partial charge in [0, 0.05) is 5.92 Å². The number of fused-ring (bicyclic) bond motifs is 3. The van der Waals surface area contributed by atoms with Crippen LogP contribution in [0.3, 0.4) is 0 Å². The number of benzene rings is 1. The summed E-state index contributed by atoms with van der Waals surface area (Å²) in [5, 5.41) is 0. The Labute approximate surface area is 101 Å². The molecule has 0 spiro atoms. The molecule has 0 saturated heterocycles. The third kappa shape index (κ3) is 1.36. The van der Waals surface area contributed by atoms with Gasteiger partial charge in [0.25, 0.3) is 0 Å². The Morgan fingerprint density at radius 1 is 1.24 bits per heavy atom. The van der Waals surface area contributed by atoms with E-state index in [1.54, 1.807) is 0 Å². The average Bonchev–Trinajstić information content (AvgIpc) is 3.01. The number of imidazole rings is 1. The minimum absolute atomic E-state index is 0.623. The predicted molar refractivity (Wildman–Crippen MR) is 68.9 cm³/mol. The third-order valence-corrected chi connectivity index (χ3v) is 4.29. The molecule has 17 heavy (non-hydrogen) atoms. The van der Waals surface area contributed by atoms with Crippen LogP contribution in [0.1, 0.15) is 30.1 Å². The van der Waals surface area contributed by atoms with Crippen LogP contribution in [-0.4, -0.2) is 9.97 Å². The minimum atomic E-state index is 0.623. The van der Waals surface area contributed by atoms with Crippen molar-refractivity contribution in [2.45, 2.75) is 25.7 Å². The summed E-state index contributed by atoms with van der Waals surface area (Å²) >= 11 is 0. The van der Waals surface area contributed by atoms with Gasteiger partial charge in [0.05, 0.1) is 11.0 Å². The molecule has 4 rings (SSSR count). The summed E-state index contributed by atoms with van der Waals surface area (Å²) in [6.07, 6.45) is 7.38. The second-order valence-electron chi connectivity index (χ2n) is 5.53. The number of aromatic nitrogens is 2. The quantitative estimate of drug-likeness (QED) is 0.737. The number of allylic oxidation sites excluding steroid dienone is 2. The van der Waals surface area contributed by atoms with Crippen molar-refractivity contribution >= 4 is 11.0 Å². The van der Waals surface area contributed by atoms with Crippen molar-refractivity contribution < 1.29 is 0 Å². The van der Waals surface area contributed by atoms with Crippen LogP contribution in [0.5, 0.6) is 0 Å². The maximum atomic E-state index is 4.77. The normalized spacial score (nSPS) is 30.5. The van der Waals surface area contributed by atoms with E-state index in [0.717, 1.165) is 17.4 Å². The summed E-state index contributed by atoms with van der Waals surface area (Å²) in [5.41, 5.74) is 3.59. The first-order valence-corrected chi connectivity index (χ1v) is 6.44. The van der Waals surface area contributed by atoms with Gasteiger partial charge in [-0.25, -0.2) is 4.98 Å². The molecule has 2 nitrogen and oxygen atoms in total. The van der Waals surface area contributed by atoms with E-state index >= 15 is 0 Å². The lowest BCUT2D eigenvalue weighted by Crippen LogP contribution is -2.06. The largest absolute Gasteiger partial charge is 0.342 e. The van der Waals surface area contributed by atoms with E-state index in [9.17, 15) is 0 Å². The molecule has 3 unspecified atom stereocenters. The van der Waals surface area contributed by atoms with Crippen molar-refractivity contribution in [1.82, 2.24) is 9.97 Å². The number of aromatic amines is 1. The highest BCUT2D eigenvalue weighted by Crippen LogP contribution is 2.48. The molecule has 86 valence electrons. The molecule has 1 aromatic heterocycles. The number of nitrogens with zero attached hydrogens (tertiary/aromatic N) is 1. The number of aryl methyl sites for hydroxylation is 1. The first-order chi connectivity index (χ1) is 8.29. The van der Waals surface area contributed by atoms with Crippen LogP contribution in [0.25, 0.3) is 11.0 Å². The van der Waals surface area contributed by atoms with Crippen LogP contribution in [-0.2, 0) is 0 Å². The maximum absolute atomic E-state index is 4.77. The van der Waals surface area contributed by atoms with Crippen molar-refractivity contribution in [2.24, 2.45) is 11.8 Å². The first kappa shape index (κ1) is 9.46. The van der Waals surface area contributed by atoms with Gasteiger partial charge in [0.2, 0.25) is 0 Å². The highest BCUT2D eigenvalue weighted by atomic mass is 14.9. The Hall–Kier alpha value is -1.57. The molecule has 1 saturated carbocycles. The van der Waals surface area contributed by atoms with Gasteiger partial charge in [0.1, 0.15) is 5.82 Å². The van der Waals surface area contributed by atoms with E-state index in [1.807, 2.05) is 0 Å². The van der Waals surface area contributed by atoms with Crippen molar-refractivity contribution in [3.05, 3.63) is 41.7 Å². The molecular weight excluding hydrogens is 208 g/mol. The van der Waals surface area contributed by atoms with E-state index in [4.69, 9.17) is 4.98 Å². The number of nitrogens with one attached hydrogen (secondary N) is 1. The molecule has 3 atom stereocenters. The van der Waals surface area contributed by atoms with Crippen molar-refractivity contribution in [3.63, 3.8) is 0 Å². The Morgan fingerprint density at radius 3 is 2.94 bits per heavy atom. The van der Waals surface area contributed by atoms with E-state index < -0.39 is 0 Å². The molecule has 1 aromatic carbocycles. The lowest BCUT2D eigenvalue weighted by atomic mass is 9.93. The van der Waals surface area contributed by atoms with Gasteiger partial charge < -0.3 is 4.98 Å². The second-order valence-corrected chi connectivity index (χ2v) is 5.53. The van der Waals surface area contributed by atoms with Crippen LogP contribution in [0, 0.1) is 18.8 Å². The maximum Gasteiger partial charge on any atom is 0.110 e. The molecule has 2 aliphatic carbocycles. The Kier molecular flexibility index (Phi) is 1.79. The van der Waals surface area contributed by atoms with Crippen LogP contribution in [0.15, 0.2) is 30.4 Å². The van der Waals surface area contributed by atoms with Crippen LogP contribution >= 0.6 is 0 Å². The average molecular weight is 224 g/mol. The Morgan fingerprint density at radius 2 is 2.18 bits per heavy atom. The fraction of sp³-hybridized carbons (Fsp3) is 0.400. The van der Waals surface area contributed by atoms with Crippen LogP contribution in [0.2, 0.25) is 0 Å². The minimum Gasteiger partial charge on any atom is -0.342 e. The van der Waals surface area contributed by atoms with E-state index in [0.29, 0.717) is 5.92 Å². The zero-order chi connectivity index (χ0) is 11.4. The number of rotatable bonds is 1. The van der Waals surface area contributed by atoms with Gasteiger partial charge in [-0.05, 0) is 49.3 Å². The molecule has 2 bridgehead atoms. The predicted octanol–water partition coefficient (Wildman–Crippen LogP) is 3.55. The van der Waals surface area contributed by atoms with Gasteiger partial charge in [-0.3, -0.25) is 0 Å². The standard InChI is InChI=1S/C15H16N2/c1-9-2-5-13-14(6-9)17-15(16-13)12-8-10-3-4-11(12)7-10/h2-6,10-12H,7-8H2,1H3,(H,16,17).